The van der Waals surface area contributed by atoms with Crippen LogP contribution in [0.1, 0.15) is 11.4 Å². The summed E-state index contributed by atoms with van der Waals surface area (Å²) in [5, 5.41) is 12.4. The second-order valence-corrected chi connectivity index (χ2v) is 7.18. The first-order chi connectivity index (χ1) is 15.5. The monoisotopic (exact) mass is 518 g/mol. The summed E-state index contributed by atoms with van der Waals surface area (Å²) in [5.74, 6) is 0. The molecule has 8 nitrogen and oxygen atoms in total. The van der Waals surface area contributed by atoms with Crippen molar-refractivity contribution in [1.29, 1.82) is 0 Å². The number of hydrogen-bond donors (Lipinski definition) is 4. The Labute approximate surface area is 211 Å². The summed E-state index contributed by atoms with van der Waals surface area (Å²) in [6, 6.07) is 19.8. The molecule has 2 aromatic carbocycles. The van der Waals surface area contributed by atoms with Gasteiger partial charge >= 0.3 is 0 Å². The Morgan fingerprint density at radius 2 is 1.09 bits per heavy atom. The van der Waals surface area contributed by atoms with Crippen molar-refractivity contribution in [2.24, 2.45) is 21.7 Å². The quantitative estimate of drug-likeness (QED) is 0.140. The zero-order valence-electron chi connectivity index (χ0n) is 17.2. The Balaban J connectivity index is 0.000000227. The Kier molecular flexibility index (Phi) is 10.2. The molecule has 33 heavy (non-hydrogen) atoms. The predicted molar refractivity (Wildman–Crippen MR) is 139 cm³/mol. The van der Waals surface area contributed by atoms with Gasteiger partial charge in [-0.3, -0.25) is 20.8 Å². The molecule has 0 fully saturated rings. The van der Waals surface area contributed by atoms with Crippen LogP contribution in [-0.2, 0) is 16.5 Å². The van der Waals surface area contributed by atoms with Gasteiger partial charge in [0.1, 0.15) is 0 Å². The standard InChI is InChI=1S/2C11H10N4S.Ni/c2*12-11(16)15-14-7-10-9-4-2-1-3-8(9)5-6-13-10;/h2*1-7H,(H3,12,15,16);. The molecule has 170 valence electrons. The minimum absolute atomic E-state index is 0. The molecule has 0 radical (unpaired) electrons. The third kappa shape index (κ3) is 7.83. The molecule has 11 heteroatoms. The van der Waals surface area contributed by atoms with Crippen LogP contribution in [0, 0.1) is 0 Å². The first kappa shape index (κ1) is 25.7. The summed E-state index contributed by atoms with van der Waals surface area (Å²) >= 11 is 9.28. The van der Waals surface area contributed by atoms with Crippen molar-refractivity contribution in [1.82, 2.24) is 20.8 Å². The smallest absolute Gasteiger partial charge is 0.184 e. The third-order valence-corrected chi connectivity index (χ3v) is 4.31. The molecule has 0 spiro atoms. The number of nitrogens with two attached hydrogens (primary N) is 2. The first-order valence-electron chi connectivity index (χ1n) is 9.39. The summed E-state index contributed by atoms with van der Waals surface area (Å²) in [4.78, 5) is 8.46. The van der Waals surface area contributed by atoms with Crippen molar-refractivity contribution in [2.45, 2.75) is 0 Å². The van der Waals surface area contributed by atoms with Gasteiger partial charge < -0.3 is 11.5 Å². The Morgan fingerprint density at radius 1 is 0.697 bits per heavy atom. The minimum Gasteiger partial charge on any atom is -0.375 e. The van der Waals surface area contributed by atoms with Gasteiger partial charge in [0.2, 0.25) is 0 Å². The van der Waals surface area contributed by atoms with E-state index >= 15 is 0 Å². The van der Waals surface area contributed by atoms with Gasteiger partial charge in [-0.25, -0.2) is 0 Å². The maximum atomic E-state index is 5.26. The molecule has 0 amide bonds. The number of hydrazone groups is 2. The molecule has 2 heterocycles. The van der Waals surface area contributed by atoms with E-state index in [1.54, 1.807) is 24.8 Å². The van der Waals surface area contributed by atoms with Crippen LogP contribution in [0.15, 0.2) is 83.3 Å². The second kappa shape index (κ2) is 13.1. The molecule has 0 bridgehead atoms. The van der Waals surface area contributed by atoms with Crippen LogP contribution in [0.4, 0.5) is 0 Å². The summed E-state index contributed by atoms with van der Waals surface area (Å²) < 4.78 is 0. The van der Waals surface area contributed by atoms with Crippen LogP contribution in [0.25, 0.3) is 21.5 Å². The molecule has 0 saturated carbocycles. The number of rotatable bonds is 4. The fourth-order valence-electron chi connectivity index (χ4n) is 2.81. The van der Waals surface area contributed by atoms with Crippen LogP contribution in [0.3, 0.4) is 0 Å². The molecule has 0 aliphatic carbocycles. The number of hydrogen-bond acceptors (Lipinski definition) is 6. The third-order valence-electron chi connectivity index (χ3n) is 4.13. The molecular weight excluding hydrogens is 499 g/mol. The average Bonchev–Trinajstić information content (AvgIpc) is 2.79. The average molecular weight is 519 g/mol. The fraction of sp³-hybridized carbons (Fsp3) is 0. The molecule has 6 N–H and O–H groups in total. The van der Waals surface area contributed by atoms with Gasteiger partial charge in [-0.2, -0.15) is 10.2 Å². The van der Waals surface area contributed by atoms with Crippen LogP contribution in [-0.4, -0.2) is 32.6 Å². The van der Waals surface area contributed by atoms with Crippen molar-refractivity contribution in [3.63, 3.8) is 0 Å². The van der Waals surface area contributed by atoms with Crippen molar-refractivity contribution >= 4 is 68.6 Å². The number of nitrogens with one attached hydrogen (secondary N) is 2. The fourth-order valence-corrected chi connectivity index (χ4v) is 2.91. The number of nitrogens with zero attached hydrogens (tertiary/aromatic N) is 4. The van der Waals surface area contributed by atoms with E-state index in [9.17, 15) is 0 Å². The Morgan fingerprint density at radius 3 is 1.48 bits per heavy atom. The number of aromatic nitrogens is 2. The van der Waals surface area contributed by atoms with Gasteiger partial charge in [0.25, 0.3) is 0 Å². The largest absolute Gasteiger partial charge is 0.375 e. The van der Waals surface area contributed by atoms with Gasteiger partial charge in [0.05, 0.1) is 23.8 Å². The summed E-state index contributed by atoms with van der Waals surface area (Å²) in [6.07, 6.45) is 6.68. The molecule has 0 aliphatic heterocycles. The number of pyridine rings is 2. The van der Waals surface area contributed by atoms with Crippen molar-refractivity contribution in [3.8, 4) is 0 Å². The van der Waals surface area contributed by atoms with Gasteiger partial charge in [-0.05, 0) is 47.3 Å². The van der Waals surface area contributed by atoms with E-state index in [1.165, 1.54) is 0 Å². The number of fused-ring (bicyclic) bond motifs is 2. The van der Waals surface area contributed by atoms with Gasteiger partial charge in [-0.1, -0.05) is 48.5 Å². The van der Waals surface area contributed by atoms with Crippen LogP contribution in [0.5, 0.6) is 0 Å². The number of thiocarbonyl (C=S) groups is 2. The van der Waals surface area contributed by atoms with E-state index in [2.05, 4.69) is 55.5 Å². The Hall–Kier alpha value is -3.53. The van der Waals surface area contributed by atoms with Crippen molar-refractivity contribution < 1.29 is 16.5 Å². The minimum atomic E-state index is 0. The topological polar surface area (TPSA) is 127 Å². The van der Waals surface area contributed by atoms with E-state index in [0.717, 1.165) is 32.9 Å². The van der Waals surface area contributed by atoms with Gasteiger partial charge in [-0.15, -0.1) is 0 Å². The molecule has 4 rings (SSSR count). The number of benzene rings is 2. The van der Waals surface area contributed by atoms with E-state index < -0.39 is 0 Å². The van der Waals surface area contributed by atoms with E-state index in [0.29, 0.717) is 0 Å². The Bertz CT molecular complexity index is 1200. The first-order valence-corrected chi connectivity index (χ1v) is 10.2. The van der Waals surface area contributed by atoms with Crippen LogP contribution >= 0.6 is 24.4 Å². The van der Waals surface area contributed by atoms with Crippen molar-refractivity contribution in [3.05, 3.63) is 84.4 Å². The second-order valence-electron chi connectivity index (χ2n) is 6.30. The van der Waals surface area contributed by atoms with E-state index in [-0.39, 0.29) is 26.7 Å². The van der Waals surface area contributed by atoms with E-state index in [1.807, 2.05) is 60.7 Å². The molecular formula is C22H20N8NiS2. The van der Waals surface area contributed by atoms with Crippen LogP contribution in [0.2, 0.25) is 0 Å². The molecule has 0 saturated heterocycles. The molecule has 0 atom stereocenters. The maximum Gasteiger partial charge on any atom is 0.184 e. The molecule has 4 aromatic rings. The van der Waals surface area contributed by atoms with Gasteiger partial charge in [0, 0.05) is 39.7 Å². The summed E-state index contributed by atoms with van der Waals surface area (Å²) in [6.45, 7) is 0. The summed E-state index contributed by atoms with van der Waals surface area (Å²) in [5.41, 5.74) is 17.1. The maximum absolute atomic E-state index is 5.26. The van der Waals surface area contributed by atoms with Gasteiger partial charge in [0.15, 0.2) is 10.2 Å². The predicted octanol–water partition coefficient (Wildman–Crippen LogP) is 2.80. The zero-order valence-corrected chi connectivity index (χ0v) is 19.8. The van der Waals surface area contributed by atoms with Crippen molar-refractivity contribution in [2.75, 3.05) is 0 Å². The SMILES string of the molecule is NC(=S)NN=Cc1nccc2ccccc12.NC(=S)NN=Cc1nccc2ccccc12.[Ni]. The zero-order chi connectivity index (χ0) is 22.8. The normalized spacial score (nSPS) is 10.4. The van der Waals surface area contributed by atoms with Crippen LogP contribution < -0.4 is 22.3 Å². The summed E-state index contributed by atoms with van der Waals surface area (Å²) in [7, 11) is 0. The molecule has 2 aromatic heterocycles. The molecule has 0 unspecified atom stereocenters. The molecule has 0 aliphatic rings. The van der Waals surface area contributed by atoms with E-state index in [4.69, 9.17) is 11.5 Å².